The topological polar surface area (TPSA) is 81.2 Å². The highest BCUT2D eigenvalue weighted by Crippen LogP contribution is 2.40. The van der Waals surface area contributed by atoms with E-state index in [0.717, 1.165) is 42.6 Å². The molecule has 2 saturated heterocycles. The third-order valence-electron chi connectivity index (χ3n) is 8.47. The Kier molecular flexibility index (Phi) is 8.54. The van der Waals surface area contributed by atoms with Gasteiger partial charge in [0.2, 0.25) is 5.91 Å². The van der Waals surface area contributed by atoms with Crippen molar-refractivity contribution in [3.8, 4) is 0 Å². The van der Waals surface area contributed by atoms with E-state index >= 15 is 0 Å². The Bertz CT molecular complexity index is 1230. The molecule has 0 saturated carbocycles. The van der Waals surface area contributed by atoms with Gasteiger partial charge in [-0.3, -0.25) is 19.6 Å². The first kappa shape index (κ1) is 29.0. The number of morpholine rings is 1. The van der Waals surface area contributed by atoms with Crippen molar-refractivity contribution in [1.82, 2.24) is 20.1 Å². The SMILES string of the molecule is C[C@@H]1CN(CC(=O)N2CC(C)(C)c3ncc(Cc4ccc(F)cc4F)cc32)[C@@H](CN2C[C@H](CO)OC[C@H]2C)CN1. The maximum absolute atomic E-state index is 14.3. The summed E-state index contributed by atoms with van der Waals surface area (Å²) >= 11 is 0. The number of carbonyl (C=O) groups excluding carboxylic acids is 1. The summed E-state index contributed by atoms with van der Waals surface area (Å²) in [6, 6.07) is 6.17. The van der Waals surface area contributed by atoms with Gasteiger partial charge in [-0.05, 0) is 37.1 Å². The van der Waals surface area contributed by atoms with Crippen molar-refractivity contribution in [3.63, 3.8) is 0 Å². The zero-order valence-corrected chi connectivity index (χ0v) is 23.9. The molecule has 1 aromatic carbocycles. The first-order chi connectivity index (χ1) is 19.0. The molecule has 0 spiro atoms. The van der Waals surface area contributed by atoms with Gasteiger partial charge in [0.05, 0.1) is 37.2 Å². The number of fused-ring (bicyclic) bond motifs is 1. The molecule has 2 fully saturated rings. The van der Waals surface area contributed by atoms with Crippen LogP contribution in [-0.2, 0) is 21.4 Å². The number of halogens is 2. The summed E-state index contributed by atoms with van der Waals surface area (Å²) in [5, 5.41) is 13.2. The Morgan fingerprint density at radius 2 is 2.00 bits per heavy atom. The Labute approximate surface area is 235 Å². The van der Waals surface area contributed by atoms with Crippen LogP contribution in [0.5, 0.6) is 0 Å². The molecular weight excluding hydrogens is 516 g/mol. The van der Waals surface area contributed by atoms with E-state index in [1.54, 1.807) is 6.20 Å². The van der Waals surface area contributed by atoms with Gasteiger partial charge < -0.3 is 20.1 Å². The largest absolute Gasteiger partial charge is 0.394 e. The number of hydrogen-bond acceptors (Lipinski definition) is 7. The van der Waals surface area contributed by atoms with Crippen LogP contribution in [0.25, 0.3) is 0 Å². The van der Waals surface area contributed by atoms with Crippen molar-refractivity contribution in [2.45, 2.75) is 63.8 Å². The molecule has 3 aliphatic heterocycles. The fourth-order valence-electron chi connectivity index (χ4n) is 6.16. The molecule has 1 amide bonds. The predicted octanol–water partition coefficient (Wildman–Crippen LogP) is 2.32. The van der Waals surface area contributed by atoms with E-state index in [9.17, 15) is 18.7 Å². The third-order valence-corrected chi connectivity index (χ3v) is 8.47. The zero-order valence-electron chi connectivity index (χ0n) is 23.9. The van der Waals surface area contributed by atoms with E-state index in [1.165, 1.54) is 12.1 Å². The van der Waals surface area contributed by atoms with Crippen LogP contribution in [0.15, 0.2) is 30.5 Å². The van der Waals surface area contributed by atoms with Crippen molar-refractivity contribution in [3.05, 3.63) is 58.9 Å². The average molecular weight is 558 g/mol. The van der Waals surface area contributed by atoms with Gasteiger partial charge in [-0.1, -0.05) is 19.9 Å². The lowest BCUT2D eigenvalue weighted by molar-refractivity contribution is -0.121. The smallest absolute Gasteiger partial charge is 0.241 e. The number of pyridine rings is 1. The van der Waals surface area contributed by atoms with Gasteiger partial charge in [0.25, 0.3) is 0 Å². The molecule has 4 atom stereocenters. The summed E-state index contributed by atoms with van der Waals surface area (Å²) in [4.78, 5) is 25.1. The molecule has 40 heavy (non-hydrogen) atoms. The Morgan fingerprint density at radius 1 is 1.20 bits per heavy atom. The number of piperazine rings is 1. The van der Waals surface area contributed by atoms with Crippen molar-refractivity contribution in [2.24, 2.45) is 0 Å². The second-order valence-corrected chi connectivity index (χ2v) is 12.3. The Balaban J connectivity index is 1.33. The van der Waals surface area contributed by atoms with Crippen LogP contribution >= 0.6 is 0 Å². The van der Waals surface area contributed by atoms with E-state index < -0.39 is 11.6 Å². The maximum Gasteiger partial charge on any atom is 0.241 e. The maximum atomic E-state index is 14.3. The lowest BCUT2D eigenvalue weighted by Crippen LogP contribution is -2.62. The van der Waals surface area contributed by atoms with Crippen molar-refractivity contribution in [2.75, 3.05) is 57.4 Å². The number of anilines is 1. The minimum atomic E-state index is -0.608. The fourth-order valence-corrected chi connectivity index (χ4v) is 6.16. The summed E-state index contributed by atoms with van der Waals surface area (Å²) in [6.45, 7) is 12.8. The highest BCUT2D eigenvalue weighted by molar-refractivity contribution is 5.97. The Morgan fingerprint density at radius 3 is 2.75 bits per heavy atom. The van der Waals surface area contributed by atoms with E-state index in [-0.39, 0.29) is 55.1 Å². The normalized spacial score (nSPS) is 27.1. The zero-order chi connectivity index (χ0) is 28.6. The highest BCUT2D eigenvalue weighted by atomic mass is 19.1. The number of benzene rings is 1. The van der Waals surface area contributed by atoms with Gasteiger partial charge in [-0.25, -0.2) is 8.78 Å². The van der Waals surface area contributed by atoms with Gasteiger partial charge in [0, 0.05) is 74.9 Å². The highest BCUT2D eigenvalue weighted by Gasteiger charge is 2.41. The van der Waals surface area contributed by atoms with Gasteiger partial charge in [-0.2, -0.15) is 0 Å². The Hall–Kier alpha value is -2.50. The minimum absolute atomic E-state index is 0.000645. The molecular formula is C30H41F2N5O3. The standard InChI is InChI=1S/C30H41F2N5O3/c1-19-12-36(24(11-33-19)13-35-14-25(16-38)40-17-20(35)2)15-28(39)37-18-30(3,4)29-27(37)8-21(10-34-29)7-22-5-6-23(31)9-26(22)32/h5-6,8-10,19-20,24-25,33,38H,7,11-18H2,1-4H3/t19-,20-,24-,25-/m1/s1. The van der Waals surface area contributed by atoms with E-state index in [1.807, 2.05) is 11.0 Å². The molecule has 2 aromatic rings. The number of amides is 1. The van der Waals surface area contributed by atoms with Gasteiger partial charge in [0.15, 0.2) is 0 Å². The number of aliphatic hydroxyl groups is 1. The summed E-state index contributed by atoms with van der Waals surface area (Å²) in [5.74, 6) is -1.18. The first-order valence-electron chi connectivity index (χ1n) is 14.2. The summed E-state index contributed by atoms with van der Waals surface area (Å²) in [5.41, 5.74) is 2.46. The van der Waals surface area contributed by atoms with Crippen LogP contribution in [0.1, 0.15) is 44.5 Å². The van der Waals surface area contributed by atoms with Crippen LogP contribution in [-0.4, -0.2) is 103 Å². The third kappa shape index (κ3) is 6.21. The van der Waals surface area contributed by atoms with Crippen LogP contribution < -0.4 is 10.2 Å². The lowest BCUT2D eigenvalue weighted by Gasteiger charge is -2.45. The number of aromatic nitrogens is 1. The van der Waals surface area contributed by atoms with Crippen molar-refractivity contribution >= 4 is 11.6 Å². The van der Waals surface area contributed by atoms with Gasteiger partial charge >= 0.3 is 0 Å². The number of carbonyl (C=O) groups is 1. The number of rotatable bonds is 7. The molecule has 0 bridgehead atoms. The molecule has 218 valence electrons. The first-order valence-corrected chi connectivity index (χ1v) is 14.2. The number of nitrogens with zero attached hydrogens (tertiary/aromatic N) is 4. The molecule has 0 radical (unpaired) electrons. The number of aliphatic hydroxyl groups excluding tert-OH is 1. The summed E-state index contributed by atoms with van der Waals surface area (Å²) < 4.78 is 33.5. The average Bonchev–Trinajstić information content (AvgIpc) is 3.18. The molecule has 0 unspecified atom stereocenters. The number of ether oxygens (including phenoxy) is 1. The molecule has 5 rings (SSSR count). The second-order valence-electron chi connectivity index (χ2n) is 12.3. The van der Waals surface area contributed by atoms with Crippen LogP contribution in [0.3, 0.4) is 0 Å². The van der Waals surface area contributed by atoms with E-state index in [0.29, 0.717) is 25.3 Å². The van der Waals surface area contributed by atoms with Gasteiger partial charge in [-0.15, -0.1) is 0 Å². The minimum Gasteiger partial charge on any atom is -0.394 e. The predicted molar refractivity (Wildman–Crippen MR) is 149 cm³/mol. The molecule has 10 heteroatoms. The molecule has 2 N–H and O–H groups in total. The molecule has 4 heterocycles. The van der Waals surface area contributed by atoms with Crippen molar-refractivity contribution in [1.29, 1.82) is 0 Å². The number of hydrogen-bond donors (Lipinski definition) is 2. The van der Waals surface area contributed by atoms with Gasteiger partial charge in [0.1, 0.15) is 11.6 Å². The monoisotopic (exact) mass is 557 g/mol. The van der Waals surface area contributed by atoms with E-state index in [2.05, 4.69) is 42.8 Å². The summed E-state index contributed by atoms with van der Waals surface area (Å²) in [6.07, 6.45) is 1.81. The van der Waals surface area contributed by atoms with Crippen LogP contribution in [0.4, 0.5) is 14.5 Å². The number of nitrogens with one attached hydrogen (secondary N) is 1. The lowest BCUT2D eigenvalue weighted by atomic mass is 9.91. The van der Waals surface area contributed by atoms with Crippen LogP contribution in [0.2, 0.25) is 0 Å². The quantitative estimate of drug-likeness (QED) is 0.541. The van der Waals surface area contributed by atoms with Crippen molar-refractivity contribution < 1.29 is 23.4 Å². The molecule has 0 aliphatic carbocycles. The summed E-state index contributed by atoms with van der Waals surface area (Å²) in [7, 11) is 0. The van der Waals surface area contributed by atoms with Crippen LogP contribution in [0, 0.1) is 11.6 Å². The second kappa shape index (κ2) is 11.8. The molecule has 1 aromatic heterocycles. The molecule has 3 aliphatic rings. The fraction of sp³-hybridized carbons (Fsp3) is 0.600. The van der Waals surface area contributed by atoms with E-state index in [4.69, 9.17) is 9.72 Å². The molecule has 8 nitrogen and oxygen atoms in total.